The van der Waals surface area contributed by atoms with Crippen LogP contribution in [0.25, 0.3) is 0 Å². The van der Waals surface area contributed by atoms with Crippen LogP contribution in [0, 0.1) is 5.92 Å². The molecule has 0 saturated carbocycles. The Morgan fingerprint density at radius 1 is 1.11 bits per heavy atom. The Morgan fingerprint density at radius 3 is 2.83 bits per heavy atom. The number of piperidine rings is 1. The van der Waals surface area contributed by atoms with E-state index in [4.69, 9.17) is 11.6 Å². The Balaban J connectivity index is 1.44. The van der Waals surface area contributed by atoms with Crippen LogP contribution >= 0.6 is 11.6 Å². The minimum Gasteiger partial charge on any atom is -0.342 e. The fourth-order valence-electron chi connectivity index (χ4n) is 4.58. The van der Waals surface area contributed by atoms with Gasteiger partial charge in [0.15, 0.2) is 5.82 Å². The second-order valence-electron chi connectivity index (χ2n) is 9.01. The SMILES string of the molecule is CC(=O)N1CCCC(C(=O)Nc2ccc3cc2CCc2cccc(c2)Nc2ncc(Cl)c(n2)N3)C1. The van der Waals surface area contributed by atoms with E-state index in [1.165, 1.54) is 0 Å². The lowest BCUT2D eigenvalue weighted by molar-refractivity contribution is -0.132. The van der Waals surface area contributed by atoms with Gasteiger partial charge in [-0.3, -0.25) is 9.59 Å². The zero-order valence-corrected chi connectivity index (χ0v) is 20.2. The highest BCUT2D eigenvalue weighted by atomic mass is 35.5. The van der Waals surface area contributed by atoms with Crippen molar-refractivity contribution >= 4 is 52.2 Å². The highest BCUT2D eigenvalue weighted by Gasteiger charge is 2.27. The van der Waals surface area contributed by atoms with Crippen LogP contribution in [0.4, 0.5) is 28.8 Å². The van der Waals surface area contributed by atoms with E-state index in [1.807, 2.05) is 30.3 Å². The van der Waals surface area contributed by atoms with Crippen molar-refractivity contribution in [2.45, 2.75) is 32.6 Å². The average Bonchev–Trinajstić information content (AvgIpc) is 2.86. The number of anilines is 5. The first-order chi connectivity index (χ1) is 16.9. The molecule has 5 rings (SSSR count). The van der Waals surface area contributed by atoms with E-state index in [9.17, 15) is 9.59 Å². The van der Waals surface area contributed by atoms with Crippen LogP contribution in [-0.2, 0) is 22.4 Å². The van der Waals surface area contributed by atoms with Crippen molar-refractivity contribution in [3.05, 3.63) is 64.8 Å². The van der Waals surface area contributed by atoms with Crippen LogP contribution in [-0.4, -0.2) is 39.8 Å². The number of fused-ring (bicyclic) bond motifs is 6. The summed E-state index contributed by atoms with van der Waals surface area (Å²) in [6.45, 7) is 2.73. The first-order valence-electron chi connectivity index (χ1n) is 11.8. The van der Waals surface area contributed by atoms with Gasteiger partial charge in [0.1, 0.15) is 5.02 Å². The normalized spacial score (nSPS) is 17.1. The fourth-order valence-corrected chi connectivity index (χ4v) is 4.71. The number of nitrogens with zero attached hydrogens (tertiary/aromatic N) is 3. The summed E-state index contributed by atoms with van der Waals surface area (Å²) in [5.41, 5.74) is 4.65. The maximum Gasteiger partial charge on any atom is 0.229 e. The van der Waals surface area contributed by atoms with Gasteiger partial charge in [0.2, 0.25) is 17.8 Å². The number of nitrogens with one attached hydrogen (secondary N) is 3. The molecule has 1 aromatic heterocycles. The van der Waals surface area contributed by atoms with Crippen LogP contribution in [0.1, 0.15) is 30.9 Å². The molecule has 35 heavy (non-hydrogen) atoms. The lowest BCUT2D eigenvalue weighted by atomic mass is 9.96. The molecule has 180 valence electrons. The van der Waals surface area contributed by atoms with E-state index < -0.39 is 0 Å². The van der Waals surface area contributed by atoms with Crippen LogP contribution < -0.4 is 16.0 Å². The third-order valence-corrected chi connectivity index (χ3v) is 6.75. The Kier molecular flexibility index (Phi) is 6.55. The van der Waals surface area contributed by atoms with E-state index >= 15 is 0 Å². The summed E-state index contributed by atoms with van der Waals surface area (Å²) in [7, 11) is 0. The highest BCUT2D eigenvalue weighted by Crippen LogP contribution is 2.30. The number of aryl methyl sites for hydroxylation is 2. The Labute approximate surface area is 209 Å². The number of rotatable bonds is 2. The number of hydrogen-bond acceptors (Lipinski definition) is 6. The lowest BCUT2D eigenvalue weighted by Gasteiger charge is -2.31. The third-order valence-electron chi connectivity index (χ3n) is 6.47. The highest BCUT2D eigenvalue weighted by molar-refractivity contribution is 6.32. The number of carbonyl (C=O) groups is 2. The zero-order valence-electron chi connectivity index (χ0n) is 19.5. The predicted octanol–water partition coefficient (Wildman–Crippen LogP) is 4.91. The molecule has 0 aliphatic carbocycles. The van der Waals surface area contributed by atoms with Gasteiger partial charge in [-0.1, -0.05) is 23.7 Å². The van der Waals surface area contributed by atoms with Crippen LogP contribution in [0.2, 0.25) is 5.02 Å². The van der Waals surface area contributed by atoms with Crippen LogP contribution in [0.5, 0.6) is 0 Å². The molecule has 2 amide bonds. The van der Waals surface area contributed by atoms with E-state index in [0.29, 0.717) is 29.9 Å². The first-order valence-corrected chi connectivity index (χ1v) is 12.2. The summed E-state index contributed by atoms with van der Waals surface area (Å²) < 4.78 is 0. The van der Waals surface area contributed by atoms with Crippen molar-refractivity contribution in [3.63, 3.8) is 0 Å². The van der Waals surface area contributed by atoms with Gasteiger partial charge in [-0.2, -0.15) is 4.98 Å². The summed E-state index contributed by atoms with van der Waals surface area (Å²) in [6, 6.07) is 13.9. The number of benzene rings is 2. The topological polar surface area (TPSA) is 99.3 Å². The number of hydrogen-bond donors (Lipinski definition) is 3. The Morgan fingerprint density at radius 2 is 1.97 bits per heavy atom. The van der Waals surface area contributed by atoms with Crippen molar-refractivity contribution in [2.75, 3.05) is 29.0 Å². The summed E-state index contributed by atoms with van der Waals surface area (Å²) in [5, 5.41) is 10.1. The molecule has 3 heterocycles. The van der Waals surface area contributed by atoms with E-state index in [0.717, 1.165) is 53.9 Å². The average molecular weight is 491 g/mol. The molecule has 0 radical (unpaired) electrons. The molecule has 1 fully saturated rings. The second-order valence-corrected chi connectivity index (χ2v) is 9.41. The molecule has 6 bridgehead atoms. The van der Waals surface area contributed by atoms with Gasteiger partial charge in [0.25, 0.3) is 0 Å². The Bertz CT molecular complexity index is 1280. The molecule has 1 atom stereocenters. The maximum absolute atomic E-state index is 13.1. The number of likely N-dealkylation sites (tertiary alicyclic amines) is 1. The van der Waals surface area contributed by atoms with Gasteiger partial charge in [-0.15, -0.1) is 0 Å². The molecular formula is C26H27ClN6O2. The van der Waals surface area contributed by atoms with Crippen LogP contribution in [0.3, 0.4) is 0 Å². The zero-order chi connectivity index (χ0) is 24.4. The summed E-state index contributed by atoms with van der Waals surface area (Å²) in [5.74, 6) is 0.691. The maximum atomic E-state index is 13.1. The van der Waals surface area contributed by atoms with Gasteiger partial charge < -0.3 is 20.9 Å². The molecule has 2 aliphatic rings. The molecular weight excluding hydrogens is 464 g/mol. The lowest BCUT2D eigenvalue weighted by Crippen LogP contribution is -2.42. The standard InChI is InChI=1S/C26H27ClN6O2/c1-16(34)33-11-3-5-19(15-33)25(35)31-23-10-9-21-13-18(23)8-7-17-4-2-6-20(12-17)30-26-28-14-22(27)24(29-21)32-26/h2,4,6,9-10,12-14,19H,3,5,7-8,11,15H2,1H3,(H,31,35)(H2,28,29,30,32). The van der Waals surface area contributed by atoms with Gasteiger partial charge >= 0.3 is 0 Å². The second kappa shape index (κ2) is 9.92. The molecule has 2 aliphatic heterocycles. The van der Waals surface area contributed by atoms with Gasteiger partial charge in [0.05, 0.1) is 12.1 Å². The largest absolute Gasteiger partial charge is 0.342 e. The molecule has 2 aromatic carbocycles. The van der Waals surface area contributed by atoms with Crippen LogP contribution in [0.15, 0.2) is 48.7 Å². The summed E-state index contributed by atoms with van der Waals surface area (Å²) in [6.07, 6.45) is 4.70. The van der Waals surface area contributed by atoms with E-state index in [-0.39, 0.29) is 17.7 Å². The minimum atomic E-state index is -0.214. The predicted molar refractivity (Wildman–Crippen MR) is 138 cm³/mol. The third kappa shape index (κ3) is 5.38. The molecule has 1 unspecified atom stereocenters. The smallest absolute Gasteiger partial charge is 0.229 e. The monoisotopic (exact) mass is 490 g/mol. The van der Waals surface area contributed by atoms with E-state index in [2.05, 4.69) is 38.1 Å². The van der Waals surface area contributed by atoms with Gasteiger partial charge in [-0.25, -0.2) is 4.98 Å². The van der Waals surface area contributed by atoms with Gasteiger partial charge in [-0.05, 0) is 67.1 Å². The Hall–Kier alpha value is -3.65. The first kappa shape index (κ1) is 23.1. The van der Waals surface area contributed by atoms with E-state index in [1.54, 1.807) is 18.0 Å². The quantitative estimate of drug-likeness (QED) is 0.472. The van der Waals surface area contributed by atoms with Crippen molar-refractivity contribution in [1.29, 1.82) is 0 Å². The van der Waals surface area contributed by atoms with Crippen molar-refractivity contribution in [1.82, 2.24) is 14.9 Å². The summed E-state index contributed by atoms with van der Waals surface area (Å²) >= 11 is 6.35. The van der Waals surface area contributed by atoms with Crippen molar-refractivity contribution in [2.24, 2.45) is 5.92 Å². The molecule has 0 spiro atoms. The van der Waals surface area contributed by atoms with Crippen molar-refractivity contribution in [3.8, 4) is 0 Å². The number of halogens is 1. The van der Waals surface area contributed by atoms with Crippen molar-refractivity contribution < 1.29 is 9.59 Å². The summed E-state index contributed by atoms with van der Waals surface area (Å²) in [4.78, 5) is 35.5. The number of amides is 2. The number of aromatic nitrogens is 2. The molecule has 3 aromatic rings. The molecule has 8 nitrogen and oxygen atoms in total. The van der Waals surface area contributed by atoms with Gasteiger partial charge in [0, 0.05) is 37.1 Å². The molecule has 1 saturated heterocycles. The minimum absolute atomic E-state index is 0.0132. The molecule has 9 heteroatoms. The molecule has 3 N–H and O–H groups in total. The number of carbonyl (C=O) groups excluding carboxylic acids is 2. The fraction of sp³-hybridized carbons (Fsp3) is 0.308.